The summed E-state index contributed by atoms with van der Waals surface area (Å²) in [5.74, 6) is 0.712. The van der Waals surface area contributed by atoms with Gasteiger partial charge in [-0.3, -0.25) is 4.79 Å². The van der Waals surface area contributed by atoms with Gasteiger partial charge in [0.15, 0.2) is 0 Å². The van der Waals surface area contributed by atoms with Gasteiger partial charge in [-0.05, 0) is 55.5 Å². The minimum absolute atomic E-state index is 0.0367. The van der Waals surface area contributed by atoms with Crippen molar-refractivity contribution in [3.05, 3.63) is 46.3 Å². The lowest BCUT2D eigenvalue weighted by Crippen LogP contribution is -2.33. The van der Waals surface area contributed by atoms with Crippen LogP contribution in [0.15, 0.2) is 36.4 Å². The van der Waals surface area contributed by atoms with Gasteiger partial charge >= 0.3 is 0 Å². The molecule has 20 heavy (non-hydrogen) atoms. The molecule has 0 spiro atoms. The molecule has 0 bridgehead atoms. The molecule has 0 radical (unpaired) electrons. The number of nitrogens with one attached hydrogen (secondary N) is 1. The SMILES string of the molecule is C[C@H](NC(=O)c1ccc(-c2ccc(Cl)cc2)s1)C1CC1. The highest BCUT2D eigenvalue weighted by molar-refractivity contribution is 7.17. The molecule has 1 saturated carbocycles. The largest absolute Gasteiger partial charge is 0.349 e. The van der Waals surface area contributed by atoms with E-state index in [9.17, 15) is 4.79 Å². The van der Waals surface area contributed by atoms with E-state index in [2.05, 4.69) is 12.2 Å². The number of carbonyl (C=O) groups excluding carboxylic acids is 1. The second kappa shape index (κ2) is 5.58. The van der Waals surface area contributed by atoms with Crippen molar-refractivity contribution in [1.29, 1.82) is 0 Å². The van der Waals surface area contributed by atoms with Gasteiger partial charge < -0.3 is 5.32 Å². The van der Waals surface area contributed by atoms with Crippen LogP contribution in [0.1, 0.15) is 29.4 Å². The summed E-state index contributed by atoms with van der Waals surface area (Å²) in [5, 5.41) is 3.81. The van der Waals surface area contributed by atoms with Gasteiger partial charge in [0.05, 0.1) is 4.88 Å². The second-order valence-electron chi connectivity index (χ2n) is 5.27. The van der Waals surface area contributed by atoms with Gasteiger partial charge in [0.1, 0.15) is 0 Å². The molecule has 1 atom stereocenters. The van der Waals surface area contributed by atoms with Crippen LogP contribution < -0.4 is 5.32 Å². The summed E-state index contributed by atoms with van der Waals surface area (Å²) in [6.07, 6.45) is 2.48. The van der Waals surface area contributed by atoms with Gasteiger partial charge in [0.2, 0.25) is 0 Å². The van der Waals surface area contributed by atoms with E-state index in [1.807, 2.05) is 36.4 Å². The quantitative estimate of drug-likeness (QED) is 0.879. The number of halogens is 1. The number of amides is 1. The number of thiophene rings is 1. The number of benzene rings is 1. The minimum Gasteiger partial charge on any atom is -0.349 e. The van der Waals surface area contributed by atoms with Crippen molar-refractivity contribution in [1.82, 2.24) is 5.32 Å². The number of hydrogen-bond donors (Lipinski definition) is 1. The Labute approximate surface area is 127 Å². The van der Waals surface area contributed by atoms with Crippen molar-refractivity contribution in [2.24, 2.45) is 5.92 Å². The topological polar surface area (TPSA) is 29.1 Å². The van der Waals surface area contributed by atoms with E-state index in [1.54, 1.807) is 0 Å². The lowest BCUT2D eigenvalue weighted by atomic mass is 10.2. The van der Waals surface area contributed by atoms with E-state index in [-0.39, 0.29) is 11.9 Å². The Morgan fingerprint density at radius 2 is 1.95 bits per heavy atom. The zero-order valence-corrected chi connectivity index (χ0v) is 12.8. The monoisotopic (exact) mass is 305 g/mol. The number of carbonyl (C=O) groups is 1. The van der Waals surface area contributed by atoms with Crippen LogP contribution in [-0.4, -0.2) is 11.9 Å². The van der Waals surface area contributed by atoms with Gasteiger partial charge in [0, 0.05) is 15.9 Å². The van der Waals surface area contributed by atoms with Crippen LogP contribution in [0.25, 0.3) is 10.4 Å². The molecule has 2 nitrogen and oxygen atoms in total. The Balaban J connectivity index is 1.72. The first-order valence-corrected chi connectivity index (χ1v) is 7.99. The van der Waals surface area contributed by atoms with Crippen LogP contribution in [0.4, 0.5) is 0 Å². The Morgan fingerprint density at radius 3 is 2.60 bits per heavy atom. The van der Waals surface area contributed by atoms with Crippen LogP contribution in [0.2, 0.25) is 5.02 Å². The van der Waals surface area contributed by atoms with Crippen molar-refractivity contribution in [2.75, 3.05) is 0 Å². The van der Waals surface area contributed by atoms with E-state index in [0.29, 0.717) is 5.92 Å². The fraction of sp³-hybridized carbons (Fsp3) is 0.312. The summed E-state index contributed by atoms with van der Waals surface area (Å²) in [6.45, 7) is 2.09. The first kappa shape index (κ1) is 13.7. The molecule has 0 unspecified atom stereocenters. The van der Waals surface area contributed by atoms with Gasteiger partial charge in [-0.25, -0.2) is 0 Å². The predicted octanol–water partition coefficient (Wildman–Crippen LogP) is 4.60. The van der Waals surface area contributed by atoms with Crippen LogP contribution >= 0.6 is 22.9 Å². The molecule has 1 aliphatic carbocycles. The van der Waals surface area contributed by atoms with Crippen molar-refractivity contribution < 1.29 is 4.79 Å². The molecule has 1 heterocycles. The summed E-state index contributed by atoms with van der Waals surface area (Å²) < 4.78 is 0. The standard InChI is InChI=1S/C16H16ClNOS/c1-10(11-2-3-11)18-16(19)15-9-8-14(20-15)12-4-6-13(17)7-5-12/h4-11H,2-3H2,1H3,(H,18,19)/t10-/m0/s1. The molecule has 1 aliphatic rings. The van der Waals surface area contributed by atoms with Crippen LogP contribution in [0.3, 0.4) is 0 Å². The van der Waals surface area contributed by atoms with Crippen molar-refractivity contribution in [2.45, 2.75) is 25.8 Å². The van der Waals surface area contributed by atoms with E-state index in [0.717, 1.165) is 20.3 Å². The molecule has 4 heteroatoms. The Hall–Kier alpha value is -1.32. The van der Waals surface area contributed by atoms with Crippen LogP contribution in [0, 0.1) is 5.92 Å². The maximum absolute atomic E-state index is 12.2. The van der Waals surface area contributed by atoms with E-state index in [1.165, 1.54) is 24.2 Å². The fourth-order valence-electron chi connectivity index (χ4n) is 2.22. The molecular weight excluding hydrogens is 290 g/mol. The van der Waals surface area contributed by atoms with E-state index >= 15 is 0 Å². The van der Waals surface area contributed by atoms with Crippen molar-refractivity contribution in [3.63, 3.8) is 0 Å². The summed E-state index contributed by atoms with van der Waals surface area (Å²) in [6, 6.07) is 11.8. The highest BCUT2D eigenvalue weighted by Gasteiger charge is 2.29. The first-order chi connectivity index (χ1) is 9.63. The third-order valence-electron chi connectivity index (χ3n) is 3.65. The smallest absolute Gasteiger partial charge is 0.261 e. The second-order valence-corrected chi connectivity index (χ2v) is 6.79. The van der Waals surface area contributed by atoms with Gasteiger partial charge in [-0.15, -0.1) is 11.3 Å². The molecule has 3 rings (SSSR count). The van der Waals surface area contributed by atoms with Crippen molar-refractivity contribution >= 4 is 28.8 Å². The molecule has 1 fully saturated rings. The predicted molar refractivity (Wildman–Crippen MR) is 84.4 cm³/mol. The Kier molecular flexibility index (Phi) is 3.81. The average molecular weight is 306 g/mol. The maximum Gasteiger partial charge on any atom is 0.261 e. The van der Waals surface area contributed by atoms with E-state index in [4.69, 9.17) is 11.6 Å². The summed E-state index contributed by atoms with van der Waals surface area (Å²) >= 11 is 7.41. The molecule has 1 aromatic heterocycles. The first-order valence-electron chi connectivity index (χ1n) is 6.80. The van der Waals surface area contributed by atoms with Crippen LogP contribution in [0.5, 0.6) is 0 Å². The molecule has 1 aromatic carbocycles. The Morgan fingerprint density at radius 1 is 1.25 bits per heavy atom. The lowest BCUT2D eigenvalue weighted by molar-refractivity contribution is 0.0940. The summed E-state index contributed by atoms with van der Waals surface area (Å²) in [5.41, 5.74) is 1.09. The molecule has 0 aliphatic heterocycles. The third kappa shape index (κ3) is 3.05. The molecule has 2 aromatic rings. The molecule has 0 saturated heterocycles. The fourth-order valence-corrected chi connectivity index (χ4v) is 3.26. The minimum atomic E-state index is 0.0367. The van der Waals surface area contributed by atoms with E-state index < -0.39 is 0 Å². The average Bonchev–Trinajstić information content (AvgIpc) is 3.17. The maximum atomic E-state index is 12.2. The van der Waals surface area contributed by atoms with Crippen molar-refractivity contribution in [3.8, 4) is 10.4 Å². The molecular formula is C16H16ClNOS. The lowest BCUT2D eigenvalue weighted by Gasteiger charge is -2.11. The summed E-state index contributed by atoms with van der Waals surface area (Å²) in [4.78, 5) is 14.0. The number of hydrogen-bond acceptors (Lipinski definition) is 2. The zero-order chi connectivity index (χ0) is 14.1. The zero-order valence-electron chi connectivity index (χ0n) is 11.2. The molecule has 1 amide bonds. The highest BCUT2D eigenvalue weighted by atomic mass is 35.5. The molecule has 104 valence electrons. The normalized spacial score (nSPS) is 15.9. The number of rotatable bonds is 4. The third-order valence-corrected chi connectivity index (χ3v) is 5.03. The summed E-state index contributed by atoms with van der Waals surface area (Å²) in [7, 11) is 0. The van der Waals surface area contributed by atoms with Gasteiger partial charge in [-0.1, -0.05) is 23.7 Å². The van der Waals surface area contributed by atoms with Gasteiger partial charge in [-0.2, -0.15) is 0 Å². The highest BCUT2D eigenvalue weighted by Crippen LogP contribution is 2.33. The Bertz CT molecular complexity index is 616. The van der Waals surface area contributed by atoms with Crippen LogP contribution in [-0.2, 0) is 0 Å². The molecule has 1 N–H and O–H groups in total. The van der Waals surface area contributed by atoms with Gasteiger partial charge in [0.25, 0.3) is 5.91 Å².